The summed E-state index contributed by atoms with van der Waals surface area (Å²) in [6, 6.07) is 10.3. The zero-order valence-electron chi connectivity index (χ0n) is 11.2. The van der Waals surface area contributed by atoms with E-state index in [1.165, 1.54) is 6.20 Å². The first-order valence-corrected chi connectivity index (χ1v) is 8.60. The van der Waals surface area contributed by atoms with Gasteiger partial charge in [-0.1, -0.05) is 23.7 Å². The normalized spacial score (nSPS) is 16.6. The second-order valence-electron chi connectivity index (χ2n) is 5.18. The van der Waals surface area contributed by atoms with E-state index in [1.807, 2.05) is 12.1 Å². The lowest BCUT2D eigenvalue weighted by Crippen LogP contribution is -2.30. The van der Waals surface area contributed by atoms with Crippen molar-refractivity contribution < 1.29 is 8.42 Å². The van der Waals surface area contributed by atoms with Crippen LogP contribution in [0, 0.1) is 5.92 Å². The molecule has 4 nitrogen and oxygen atoms in total. The maximum atomic E-state index is 12.4. The van der Waals surface area contributed by atoms with E-state index in [1.54, 1.807) is 30.5 Å². The Morgan fingerprint density at radius 2 is 1.90 bits per heavy atom. The summed E-state index contributed by atoms with van der Waals surface area (Å²) in [5.41, 5.74) is 0.939. The molecule has 21 heavy (non-hydrogen) atoms. The first-order valence-electron chi connectivity index (χ1n) is 6.74. The molecule has 2 aromatic rings. The fourth-order valence-corrected chi connectivity index (χ4v) is 3.66. The zero-order valence-corrected chi connectivity index (χ0v) is 12.8. The Labute approximate surface area is 129 Å². The van der Waals surface area contributed by atoms with Gasteiger partial charge in [-0.15, -0.1) is 0 Å². The second kappa shape index (κ2) is 5.75. The third-order valence-corrected chi connectivity index (χ3v) is 5.23. The molecule has 1 heterocycles. The molecule has 0 amide bonds. The van der Waals surface area contributed by atoms with Gasteiger partial charge in [0.1, 0.15) is 4.90 Å². The summed E-state index contributed by atoms with van der Waals surface area (Å²) in [6.07, 6.45) is 4.97. The number of benzene rings is 1. The summed E-state index contributed by atoms with van der Waals surface area (Å²) >= 11 is 5.89. The SMILES string of the molecule is O=S(=O)(N[C@H](c1ccc(Cl)cc1)C1CC1)c1cccnc1. The Bertz CT molecular complexity index is 713. The predicted molar refractivity (Wildman–Crippen MR) is 81.5 cm³/mol. The summed E-state index contributed by atoms with van der Waals surface area (Å²) in [6.45, 7) is 0. The monoisotopic (exact) mass is 322 g/mol. The molecule has 1 aromatic carbocycles. The van der Waals surface area contributed by atoms with Crippen LogP contribution < -0.4 is 4.72 Å². The van der Waals surface area contributed by atoms with Crippen molar-refractivity contribution in [2.24, 2.45) is 5.92 Å². The Morgan fingerprint density at radius 1 is 1.19 bits per heavy atom. The Kier molecular flexibility index (Phi) is 3.97. The van der Waals surface area contributed by atoms with Gasteiger partial charge in [0.15, 0.2) is 0 Å². The highest BCUT2D eigenvalue weighted by Gasteiger charge is 2.35. The molecule has 1 fully saturated rings. The van der Waals surface area contributed by atoms with Gasteiger partial charge in [0, 0.05) is 23.5 Å². The molecule has 3 rings (SSSR count). The van der Waals surface area contributed by atoms with E-state index >= 15 is 0 Å². The number of hydrogen-bond donors (Lipinski definition) is 1. The third-order valence-electron chi connectivity index (χ3n) is 3.55. The van der Waals surface area contributed by atoms with E-state index in [9.17, 15) is 8.42 Å². The van der Waals surface area contributed by atoms with Crippen molar-refractivity contribution in [3.05, 3.63) is 59.4 Å². The number of rotatable bonds is 5. The van der Waals surface area contributed by atoms with Gasteiger partial charge in [-0.3, -0.25) is 4.98 Å². The van der Waals surface area contributed by atoms with Gasteiger partial charge in [0.2, 0.25) is 10.0 Å². The van der Waals surface area contributed by atoms with Gasteiger partial charge in [-0.05, 0) is 48.6 Å². The quantitative estimate of drug-likeness (QED) is 0.919. The molecule has 1 aliphatic carbocycles. The summed E-state index contributed by atoms with van der Waals surface area (Å²) in [5.74, 6) is 0.345. The molecule has 0 aliphatic heterocycles. The van der Waals surface area contributed by atoms with Gasteiger partial charge in [-0.25, -0.2) is 13.1 Å². The molecule has 0 unspecified atom stereocenters. The number of nitrogens with zero attached hydrogens (tertiary/aromatic N) is 1. The number of nitrogens with one attached hydrogen (secondary N) is 1. The summed E-state index contributed by atoms with van der Waals surface area (Å²) in [5, 5.41) is 0.642. The van der Waals surface area contributed by atoms with Gasteiger partial charge < -0.3 is 0 Å². The minimum absolute atomic E-state index is 0.185. The molecule has 0 radical (unpaired) electrons. The van der Waals surface area contributed by atoms with Crippen LogP contribution in [-0.4, -0.2) is 13.4 Å². The summed E-state index contributed by atoms with van der Waals surface area (Å²) in [4.78, 5) is 4.05. The molecule has 1 aliphatic rings. The molecule has 1 N–H and O–H groups in total. The molecule has 1 saturated carbocycles. The molecule has 6 heteroatoms. The van der Waals surface area contributed by atoms with Crippen LogP contribution in [0.5, 0.6) is 0 Å². The zero-order chi connectivity index (χ0) is 14.9. The largest absolute Gasteiger partial charge is 0.263 e. The van der Waals surface area contributed by atoms with Gasteiger partial charge in [0.25, 0.3) is 0 Å². The fraction of sp³-hybridized carbons (Fsp3) is 0.267. The number of aromatic nitrogens is 1. The lowest BCUT2D eigenvalue weighted by molar-refractivity contribution is 0.529. The van der Waals surface area contributed by atoms with E-state index < -0.39 is 10.0 Å². The highest BCUT2D eigenvalue weighted by atomic mass is 35.5. The van der Waals surface area contributed by atoms with Crippen molar-refractivity contribution in [3.63, 3.8) is 0 Å². The molecule has 0 spiro atoms. The van der Waals surface area contributed by atoms with E-state index in [-0.39, 0.29) is 10.9 Å². The van der Waals surface area contributed by atoms with Gasteiger partial charge >= 0.3 is 0 Å². The lowest BCUT2D eigenvalue weighted by Gasteiger charge is -2.19. The first kappa shape index (κ1) is 14.5. The van der Waals surface area contributed by atoms with Crippen LogP contribution in [0.4, 0.5) is 0 Å². The van der Waals surface area contributed by atoms with Crippen molar-refractivity contribution in [1.82, 2.24) is 9.71 Å². The van der Waals surface area contributed by atoms with Crippen LogP contribution in [0.15, 0.2) is 53.7 Å². The average Bonchev–Trinajstić information content (AvgIpc) is 3.31. The third kappa shape index (κ3) is 3.43. The molecule has 1 atom stereocenters. The molecular formula is C15H15ClN2O2S. The summed E-state index contributed by atoms with van der Waals surface area (Å²) in [7, 11) is -3.57. The van der Waals surface area contributed by atoms with Crippen LogP contribution in [0.3, 0.4) is 0 Å². The van der Waals surface area contributed by atoms with Crippen LogP contribution in [0.2, 0.25) is 5.02 Å². The van der Waals surface area contributed by atoms with Crippen LogP contribution in [-0.2, 0) is 10.0 Å². The number of halogens is 1. The minimum Gasteiger partial charge on any atom is -0.263 e. The fourth-order valence-electron chi connectivity index (χ4n) is 2.28. The summed E-state index contributed by atoms with van der Waals surface area (Å²) < 4.78 is 27.7. The van der Waals surface area contributed by atoms with Crippen molar-refractivity contribution in [1.29, 1.82) is 0 Å². The second-order valence-corrected chi connectivity index (χ2v) is 7.33. The number of hydrogen-bond acceptors (Lipinski definition) is 3. The van der Waals surface area contributed by atoms with Crippen molar-refractivity contribution >= 4 is 21.6 Å². The molecular weight excluding hydrogens is 308 g/mol. The number of pyridine rings is 1. The van der Waals surface area contributed by atoms with Crippen molar-refractivity contribution in [2.75, 3.05) is 0 Å². The molecule has 110 valence electrons. The Balaban J connectivity index is 1.88. The van der Waals surface area contributed by atoms with E-state index in [0.717, 1.165) is 18.4 Å². The van der Waals surface area contributed by atoms with Crippen molar-refractivity contribution in [3.8, 4) is 0 Å². The Hall–Kier alpha value is -1.43. The van der Waals surface area contributed by atoms with E-state index in [2.05, 4.69) is 9.71 Å². The van der Waals surface area contributed by atoms with Gasteiger partial charge in [-0.2, -0.15) is 0 Å². The molecule has 0 saturated heterocycles. The van der Waals surface area contributed by atoms with Crippen molar-refractivity contribution in [2.45, 2.75) is 23.8 Å². The maximum Gasteiger partial charge on any atom is 0.242 e. The van der Waals surface area contributed by atoms with Crippen LogP contribution >= 0.6 is 11.6 Å². The molecule has 1 aromatic heterocycles. The van der Waals surface area contributed by atoms with E-state index in [0.29, 0.717) is 10.9 Å². The maximum absolute atomic E-state index is 12.4. The van der Waals surface area contributed by atoms with E-state index in [4.69, 9.17) is 11.6 Å². The highest BCUT2D eigenvalue weighted by Crippen LogP contribution is 2.41. The van der Waals surface area contributed by atoms with Crippen LogP contribution in [0.1, 0.15) is 24.4 Å². The first-order chi connectivity index (χ1) is 10.1. The minimum atomic E-state index is -3.57. The topological polar surface area (TPSA) is 59.1 Å². The lowest BCUT2D eigenvalue weighted by atomic mass is 10.0. The highest BCUT2D eigenvalue weighted by molar-refractivity contribution is 7.89. The Morgan fingerprint density at radius 3 is 2.48 bits per heavy atom. The average molecular weight is 323 g/mol. The van der Waals surface area contributed by atoms with Crippen LogP contribution in [0.25, 0.3) is 0 Å². The number of sulfonamides is 1. The predicted octanol–water partition coefficient (Wildman–Crippen LogP) is 3.16. The van der Waals surface area contributed by atoms with Gasteiger partial charge in [0.05, 0.1) is 0 Å². The molecule has 0 bridgehead atoms. The smallest absolute Gasteiger partial charge is 0.242 e. The standard InChI is InChI=1S/C15H15ClN2O2S/c16-13-7-5-12(6-8-13)15(11-3-4-11)18-21(19,20)14-2-1-9-17-10-14/h1-2,5-11,15,18H,3-4H2/t15-/m0/s1.